The van der Waals surface area contributed by atoms with E-state index in [2.05, 4.69) is 5.32 Å². The van der Waals surface area contributed by atoms with Crippen LogP contribution in [0.2, 0.25) is 5.02 Å². The molecule has 2 unspecified atom stereocenters. The number of nitrogens with one attached hydrogen (secondary N) is 1. The predicted molar refractivity (Wildman–Crippen MR) is 128 cm³/mol. The summed E-state index contributed by atoms with van der Waals surface area (Å²) in [5.74, 6) is 0.0699. The molecule has 0 radical (unpaired) electrons. The average molecular weight is 472 g/mol. The third-order valence-electron chi connectivity index (χ3n) is 6.07. The van der Waals surface area contributed by atoms with Crippen molar-refractivity contribution in [3.8, 4) is 5.75 Å². The van der Waals surface area contributed by atoms with Gasteiger partial charge in [-0.3, -0.25) is 14.4 Å². The summed E-state index contributed by atoms with van der Waals surface area (Å²) in [6, 6.07) is 13.0. The number of ether oxygens (including phenoxy) is 1. The lowest BCUT2D eigenvalue weighted by Crippen LogP contribution is -2.57. The zero-order valence-electron chi connectivity index (χ0n) is 19.2. The normalized spacial score (nSPS) is 15.5. The first kappa shape index (κ1) is 24.6. The van der Waals surface area contributed by atoms with Crippen molar-refractivity contribution in [2.24, 2.45) is 5.92 Å². The number of benzene rings is 2. The van der Waals surface area contributed by atoms with Gasteiger partial charge < -0.3 is 19.9 Å². The van der Waals surface area contributed by atoms with Crippen LogP contribution in [0.5, 0.6) is 5.75 Å². The van der Waals surface area contributed by atoms with Crippen LogP contribution in [0, 0.1) is 5.92 Å². The molecule has 1 aliphatic heterocycles. The van der Waals surface area contributed by atoms with Crippen molar-refractivity contribution in [1.29, 1.82) is 0 Å². The van der Waals surface area contributed by atoms with Crippen molar-refractivity contribution in [2.75, 3.05) is 33.3 Å². The van der Waals surface area contributed by atoms with E-state index in [0.717, 1.165) is 6.42 Å². The van der Waals surface area contributed by atoms with Gasteiger partial charge in [0.15, 0.2) is 0 Å². The van der Waals surface area contributed by atoms with Gasteiger partial charge in [0.25, 0.3) is 11.8 Å². The SMILES string of the molecule is CCC(C)C(NC(=O)c1ccc(Cl)cc1)C(=O)N1CCN(C(=O)c2cccc(OC)c2)CC1. The van der Waals surface area contributed by atoms with Gasteiger partial charge in [0, 0.05) is 42.3 Å². The molecular formula is C25H30ClN3O4. The van der Waals surface area contributed by atoms with Gasteiger partial charge in [-0.2, -0.15) is 0 Å². The van der Waals surface area contributed by atoms with Crippen molar-refractivity contribution < 1.29 is 19.1 Å². The highest BCUT2D eigenvalue weighted by atomic mass is 35.5. The van der Waals surface area contributed by atoms with E-state index in [1.807, 2.05) is 13.8 Å². The molecule has 1 N–H and O–H groups in total. The van der Waals surface area contributed by atoms with Crippen molar-refractivity contribution >= 4 is 29.3 Å². The maximum atomic E-state index is 13.3. The van der Waals surface area contributed by atoms with Crippen LogP contribution in [0.3, 0.4) is 0 Å². The molecule has 176 valence electrons. The van der Waals surface area contributed by atoms with Crippen LogP contribution in [0.4, 0.5) is 0 Å². The number of piperazine rings is 1. The monoisotopic (exact) mass is 471 g/mol. The van der Waals surface area contributed by atoms with Crippen molar-refractivity contribution in [2.45, 2.75) is 26.3 Å². The molecule has 1 fully saturated rings. The van der Waals surface area contributed by atoms with Gasteiger partial charge in [0.1, 0.15) is 11.8 Å². The zero-order chi connectivity index (χ0) is 24.0. The van der Waals surface area contributed by atoms with Crippen molar-refractivity contribution in [3.05, 3.63) is 64.7 Å². The number of carbonyl (C=O) groups is 3. The number of rotatable bonds is 7. The summed E-state index contributed by atoms with van der Waals surface area (Å²) in [6.45, 7) is 5.63. The molecule has 0 spiro atoms. The molecule has 2 aromatic carbocycles. The van der Waals surface area contributed by atoms with Crippen molar-refractivity contribution in [1.82, 2.24) is 15.1 Å². The summed E-state index contributed by atoms with van der Waals surface area (Å²) in [5, 5.41) is 3.45. The fraction of sp³-hybridized carbons (Fsp3) is 0.400. The number of methoxy groups -OCH3 is 1. The van der Waals surface area contributed by atoms with E-state index < -0.39 is 6.04 Å². The molecule has 8 heteroatoms. The lowest BCUT2D eigenvalue weighted by molar-refractivity contribution is -0.136. The molecule has 1 heterocycles. The Balaban J connectivity index is 1.64. The molecule has 1 aliphatic rings. The van der Waals surface area contributed by atoms with E-state index in [1.165, 1.54) is 0 Å². The number of carbonyl (C=O) groups excluding carboxylic acids is 3. The van der Waals surface area contributed by atoms with E-state index in [0.29, 0.717) is 48.1 Å². The maximum absolute atomic E-state index is 13.3. The van der Waals surface area contributed by atoms with E-state index in [9.17, 15) is 14.4 Å². The summed E-state index contributed by atoms with van der Waals surface area (Å²) in [5.41, 5.74) is 1.01. The van der Waals surface area contributed by atoms with Crippen LogP contribution in [-0.4, -0.2) is 66.9 Å². The van der Waals surface area contributed by atoms with Gasteiger partial charge in [0.2, 0.25) is 5.91 Å². The Kier molecular flexibility index (Phi) is 8.33. The summed E-state index contributed by atoms with van der Waals surface area (Å²) < 4.78 is 5.20. The first-order valence-corrected chi connectivity index (χ1v) is 11.5. The minimum Gasteiger partial charge on any atom is -0.497 e. The Bertz CT molecular complexity index is 987. The van der Waals surface area contributed by atoms with Crippen LogP contribution in [-0.2, 0) is 4.79 Å². The standard InChI is InChI=1S/C25H30ClN3O4/c1-4-17(2)22(27-23(30)18-8-10-20(26)11-9-18)25(32)29-14-12-28(13-15-29)24(31)19-6-5-7-21(16-19)33-3/h5-11,16-17,22H,4,12-15H2,1-3H3,(H,27,30). The summed E-state index contributed by atoms with van der Waals surface area (Å²) in [7, 11) is 1.56. The summed E-state index contributed by atoms with van der Waals surface area (Å²) in [4.78, 5) is 42.4. The fourth-order valence-electron chi connectivity index (χ4n) is 3.77. The summed E-state index contributed by atoms with van der Waals surface area (Å²) >= 11 is 5.91. The number of halogens is 1. The maximum Gasteiger partial charge on any atom is 0.254 e. The van der Waals surface area contributed by atoms with Crippen LogP contribution in [0.15, 0.2) is 48.5 Å². The smallest absolute Gasteiger partial charge is 0.254 e. The molecule has 0 aromatic heterocycles. The predicted octanol–water partition coefficient (Wildman–Crippen LogP) is 3.48. The van der Waals surface area contributed by atoms with E-state index in [4.69, 9.17) is 16.3 Å². The van der Waals surface area contributed by atoms with E-state index in [-0.39, 0.29) is 23.6 Å². The Morgan fingerprint density at radius 1 is 1.00 bits per heavy atom. The van der Waals surface area contributed by atoms with Gasteiger partial charge in [-0.15, -0.1) is 0 Å². The molecule has 2 aromatic rings. The average Bonchev–Trinajstić information content (AvgIpc) is 2.86. The Hall–Kier alpha value is -3.06. The first-order chi connectivity index (χ1) is 15.8. The number of nitrogens with zero attached hydrogens (tertiary/aromatic N) is 2. The van der Waals surface area contributed by atoms with Crippen LogP contribution in [0.1, 0.15) is 41.0 Å². The highest BCUT2D eigenvalue weighted by Crippen LogP contribution is 2.18. The highest BCUT2D eigenvalue weighted by molar-refractivity contribution is 6.30. The number of amides is 3. The Morgan fingerprint density at radius 2 is 1.64 bits per heavy atom. The largest absolute Gasteiger partial charge is 0.497 e. The third-order valence-corrected chi connectivity index (χ3v) is 6.32. The van der Waals surface area contributed by atoms with Crippen molar-refractivity contribution in [3.63, 3.8) is 0 Å². The Labute approximate surface area is 199 Å². The van der Waals surface area contributed by atoms with Crippen LogP contribution >= 0.6 is 11.6 Å². The van der Waals surface area contributed by atoms with Gasteiger partial charge in [0.05, 0.1) is 7.11 Å². The summed E-state index contributed by atoms with van der Waals surface area (Å²) in [6.07, 6.45) is 0.742. The molecule has 0 bridgehead atoms. The molecule has 3 rings (SSSR count). The lowest BCUT2D eigenvalue weighted by Gasteiger charge is -2.37. The van der Waals surface area contributed by atoms with Gasteiger partial charge in [-0.05, 0) is 48.4 Å². The molecule has 33 heavy (non-hydrogen) atoms. The van der Waals surface area contributed by atoms with Gasteiger partial charge in [-0.1, -0.05) is 37.9 Å². The Morgan fingerprint density at radius 3 is 2.24 bits per heavy atom. The zero-order valence-corrected chi connectivity index (χ0v) is 20.0. The second kappa shape index (κ2) is 11.2. The van der Waals surface area contributed by atoms with Crippen LogP contribution in [0.25, 0.3) is 0 Å². The highest BCUT2D eigenvalue weighted by Gasteiger charge is 2.33. The minimum atomic E-state index is -0.640. The number of hydrogen-bond acceptors (Lipinski definition) is 4. The molecule has 0 aliphatic carbocycles. The van der Waals surface area contributed by atoms with Gasteiger partial charge >= 0.3 is 0 Å². The lowest BCUT2D eigenvalue weighted by atomic mass is 9.97. The molecular weight excluding hydrogens is 442 g/mol. The second-order valence-corrected chi connectivity index (χ2v) is 8.63. The third kappa shape index (κ3) is 6.05. The molecule has 2 atom stereocenters. The van der Waals surface area contributed by atoms with E-state index in [1.54, 1.807) is 65.4 Å². The fourth-order valence-corrected chi connectivity index (χ4v) is 3.90. The topological polar surface area (TPSA) is 79.0 Å². The molecule has 1 saturated heterocycles. The minimum absolute atomic E-state index is 0.0369. The molecule has 0 saturated carbocycles. The first-order valence-electron chi connectivity index (χ1n) is 11.1. The number of hydrogen-bond donors (Lipinski definition) is 1. The van der Waals surface area contributed by atoms with Gasteiger partial charge in [-0.25, -0.2) is 0 Å². The van der Waals surface area contributed by atoms with Crippen LogP contribution < -0.4 is 10.1 Å². The van der Waals surface area contributed by atoms with E-state index >= 15 is 0 Å². The molecule has 3 amide bonds. The molecule has 7 nitrogen and oxygen atoms in total. The quantitative estimate of drug-likeness (QED) is 0.670. The second-order valence-electron chi connectivity index (χ2n) is 8.19.